The van der Waals surface area contributed by atoms with E-state index in [1.165, 1.54) is 5.56 Å². The molecule has 2 aromatic rings. The van der Waals surface area contributed by atoms with E-state index in [0.717, 1.165) is 41.8 Å². The van der Waals surface area contributed by atoms with Gasteiger partial charge in [-0.15, -0.1) is 0 Å². The molecule has 0 aliphatic heterocycles. The molecule has 0 fully saturated rings. The summed E-state index contributed by atoms with van der Waals surface area (Å²) in [4.78, 5) is 8.76. The summed E-state index contributed by atoms with van der Waals surface area (Å²) in [6.07, 6.45) is 3.10. The molecule has 106 valence electrons. The van der Waals surface area contributed by atoms with E-state index >= 15 is 0 Å². The molecule has 3 rings (SSSR count). The maximum atomic E-state index is 9.21. The van der Waals surface area contributed by atoms with Crippen LogP contribution in [0.15, 0.2) is 24.3 Å². The normalized spacial score (nSPS) is 13.8. The summed E-state index contributed by atoms with van der Waals surface area (Å²) in [7, 11) is 0. The average molecular weight is 278 g/mol. The van der Waals surface area contributed by atoms with Gasteiger partial charge < -0.3 is 5.73 Å². The van der Waals surface area contributed by atoms with E-state index in [1.54, 1.807) is 0 Å². The summed E-state index contributed by atoms with van der Waals surface area (Å²) >= 11 is 0. The number of nitrogens with zero attached hydrogens (tertiary/aromatic N) is 3. The summed E-state index contributed by atoms with van der Waals surface area (Å²) in [5, 5.41) is 9.21. The van der Waals surface area contributed by atoms with E-state index in [-0.39, 0.29) is 0 Å². The van der Waals surface area contributed by atoms with Gasteiger partial charge in [0.05, 0.1) is 17.2 Å². The number of nitrogen functional groups attached to an aromatic ring is 1. The summed E-state index contributed by atoms with van der Waals surface area (Å²) < 4.78 is 0. The third kappa shape index (κ3) is 2.36. The Morgan fingerprint density at radius 1 is 1.14 bits per heavy atom. The molecule has 1 aliphatic carbocycles. The quantitative estimate of drug-likeness (QED) is 0.916. The molecule has 4 heteroatoms. The van der Waals surface area contributed by atoms with Gasteiger partial charge >= 0.3 is 0 Å². The zero-order valence-electron chi connectivity index (χ0n) is 12.3. The molecule has 0 atom stereocenters. The van der Waals surface area contributed by atoms with Crippen LogP contribution in [0.3, 0.4) is 0 Å². The van der Waals surface area contributed by atoms with Crippen molar-refractivity contribution < 1.29 is 0 Å². The molecule has 0 unspecified atom stereocenters. The Morgan fingerprint density at radius 2 is 1.86 bits per heavy atom. The number of nitrogens with two attached hydrogens (primary N) is 1. The Hall–Kier alpha value is -2.41. The lowest BCUT2D eigenvalue weighted by Gasteiger charge is -2.16. The third-order valence-electron chi connectivity index (χ3n) is 4.11. The molecular formula is C17H18N4. The molecule has 0 radical (unpaired) electrons. The fraction of sp³-hybridized carbons (Fsp3) is 0.353. The fourth-order valence-corrected chi connectivity index (χ4v) is 2.80. The highest BCUT2D eigenvalue weighted by atomic mass is 15.0. The van der Waals surface area contributed by atoms with Gasteiger partial charge in [0.15, 0.2) is 0 Å². The summed E-state index contributed by atoms with van der Waals surface area (Å²) in [5.74, 6) is 0.340. The standard InChI is InChI=1S/C17H18N4/c1-17(2,10-18)12-8-6-11(7-9-12)15-13-4-3-5-14(13)20-16(19)21-15/h6-9H,3-5H2,1-2H3,(H2,19,20,21). The van der Waals surface area contributed by atoms with Crippen LogP contribution in [0.4, 0.5) is 5.95 Å². The van der Waals surface area contributed by atoms with Gasteiger partial charge in [0, 0.05) is 16.8 Å². The van der Waals surface area contributed by atoms with Crippen LogP contribution in [0.5, 0.6) is 0 Å². The Balaban J connectivity index is 2.05. The Bertz CT molecular complexity index is 724. The SMILES string of the molecule is CC(C)(C#N)c1ccc(-c2nc(N)nc3c2CCC3)cc1. The van der Waals surface area contributed by atoms with Crippen molar-refractivity contribution in [3.05, 3.63) is 41.1 Å². The van der Waals surface area contributed by atoms with Gasteiger partial charge in [-0.25, -0.2) is 9.97 Å². The largest absolute Gasteiger partial charge is 0.368 e. The second kappa shape index (κ2) is 4.85. The Labute approximate surface area is 124 Å². The minimum Gasteiger partial charge on any atom is -0.368 e. The van der Waals surface area contributed by atoms with Crippen LogP contribution < -0.4 is 5.73 Å². The molecule has 0 saturated carbocycles. The predicted molar refractivity (Wildman–Crippen MR) is 82.5 cm³/mol. The number of hydrogen-bond acceptors (Lipinski definition) is 4. The number of benzene rings is 1. The molecule has 1 aliphatic rings. The van der Waals surface area contributed by atoms with Crippen molar-refractivity contribution in [3.8, 4) is 17.3 Å². The third-order valence-corrected chi connectivity index (χ3v) is 4.11. The van der Waals surface area contributed by atoms with E-state index < -0.39 is 5.41 Å². The van der Waals surface area contributed by atoms with Crippen molar-refractivity contribution in [1.82, 2.24) is 9.97 Å². The molecule has 0 spiro atoms. The Morgan fingerprint density at radius 3 is 2.52 bits per heavy atom. The van der Waals surface area contributed by atoms with Gasteiger partial charge in [-0.2, -0.15) is 5.26 Å². The number of hydrogen-bond donors (Lipinski definition) is 1. The van der Waals surface area contributed by atoms with Gasteiger partial charge in [-0.3, -0.25) is 0 Å². The number of aryl methyl sites for hydroxylation is 1. The fourth-order valence-electron chi connectivity index (χ4n) is 2.80. The van der Waals surface area contributed by atoms with Crippen molar-refractivity contribution in [1.29, 1.82) is 5.26 Å². The highest BCUT2D eigenvalue weighted by molar-refractivity contribution is 5.66. The molecule has 1 aromatic carbocycles. The molecule has 0 bridgehead atoms. The highest BCUT2D eigenvalue weighted by Crippen LogP contribution is 2.32. The van der Waals surface area contributed by atoms with Gasteiger partial charge in [-0.05, 0) is 38.7 Å². The van der Waals surface area contributed by atoms with Gasteiger partial charge in [0.25, 0.3) is 0 Å². The second-order valence-electron chi connectivity index (χ2n) is 6.02. The lowest BCUT2D eigenvalue weighted by molar-refractivity contribution is 0.687. The number of rotatable bonds is 2. The first-order valence-electron chi connectivity index (χ1n) is 7.19. The van der Waals surface area contributed by atoms with Crippen LogP contribution in [-0.2, 0) is 18.3 Å². The summed E-state index contributed by atoms with van der Waals surface area (Å²) in [6, 6.07) is 10.4. The van der Waals surface area contributed by atoms with Crippen molar-refractivity contribution in [2.24, 2.45) is 0 Å². The number of nitriles is 1. The maximum Gasteiger partial charge on any atom is 0.220 e. The predicted octanol–water partition coefficient (Wildman–Crippen LogP) is 3.02. The highest BCUT2D eigenvalue weighted by Gasteiger charge is 2.22. The van der Waals surface area contributed by atoms with Crippen molar-refractivity contribution in [3.63, 3.8) is 0 Å². The van der Waals surface area contributed by atoms with E-state index in [0.29, 0.717) is 5.95 Å². The lowest BCUT2D eigenvalue weighted by Crippen LogP contribution is -2.13. The number of anilines is 1. The maximum absolute atomic E-state index is 9.21. The molecular weight excluding hydrogens is 260 g/mol. The first-order valence-corrected chi connectivity index (χ1v) is 7.19. The van der Waals surface area contributed by atoms with Gasteiger partial charge in [0.2, 0.25) is 5.95 Å². The molecule has 1 heterocycles. The van der Waals surface area contributed by atoms with Gasteiger partial charge in [-0.1, -0.05) is 24.3 Å². The molecule has 0 amide bonds. The monoisotopic (exact) mass is 278 g/mol. The van der Waals surface area contributed by atoms with E-state index in [9.17, 15) is 5.26 Å². The average Bonchev–Trinajstić information content (AvgIpc) is 2.94. The van der Waals surface area contributed by atoms with Crippen LogP contribution in [0.2, 0.25) is 0 Å². The van der Waals surface area contributed by atoms with Crippen LogP contribution in [-0.4, -0.2) is 9.97 Å². The minimum atomic E-state index is -0.481. The molecule has 21 heavy (non-hydrogen) atoms. The first kappa shape index (κ1) is 13.6. The first-order chi connectivity index (χ1) is 10.0. The van der Waals surface area contributed by atoms with Crippen LogP contribution >= 0.6 is 0 Å². The Kier molecular flexibility index (Phi) is 3.13. The van der Waals surface area contributed by atoms with Gasteiger partial charge in [0.1, 0.15) is 0 Å². The molecule has 0 saturated heterocycles. The van der Waals surface area contributed by atoms with E-state index in [2.05, 4.69) is 16.0 Å². The zero-order chi connectivity index (χ0) is 15.0. The zero-order valence-corrected chi connectivity index (χ0v) is 12.3. The summed E-state index contributed by atoms with van der Waals surface area (Å²) in [6.45, 7) is 3.84. The van der Waals surface area contributed by atoms with Crippen molar-refractivity contribution in [2.75, 3.05) is 5.73 Å². The van der Waals surface area contributed by atoms with Crippen LogP contribution in [0.1, 0.15) is 37.1 Å². The van der Waals surface area contributed by atoms with E-state index in [1.807, 2.05) is 38.1 Å². The number of aromatic nitrogens is 2. The van der Waals surface area contributed by atoms with Crippen LogP contribution in [0, 0.1) is 11.3 Å². The van der Waals surface area contributed by atoms with E-state index in [4.69, 9.17) is 5.73 Å². The molecule has 1 aromatic heterocycles. The van der Waals surface area contributed by atoms with Crippen LogP contribution in [0.25, 0.3) is 11.3 Å². The minimum absolute atomic E-state index is 0.340. The van der Waals surface area contributed by atoms with Crippen molar-refractivity contribution >= 4 is 5.95 Å². The van der Waals surface area contributed by atoms with Crippen molar-refractivity contribution in [2.45, 2.75) is 38.5 Å². The second-order valence-corrected chi connectivity index (χ2v) is 6.02. The smallest absolute Gasteiger partial charge is 0.220 e. The molecule has 2 N–H and O–H groups in total. The topological polar surface area (TPSA) is 75.6 Å². The number of fused-ring (bicyclic) bond motifs is 1. The lowest BCUT2D eigenvalue weighted by atomic mass is 9.85. The summed E-state index contributed by atoms with van der Waals surface area (Å²) in [5.41, 5.74) is 10.6. The molecule has 4 nitrogen and oxygen atoms in total.